The zero-order valence-electron chi connectivity index (χ0n) is 8.84. The van der Waals surface area contributed by atoms with Crippen molar-refractivity contribution in [1.82, 2.24) is 0 Å². The lowest BCUT2D eigenvalue weighted by Gasteiger charge is -2.38. The van der Waals surface area contributed by atoms with Crippen molar-refractivity contribution in [1.29, 1.82) is 0 Å². The van der Waals surface area contributed by atoms with Gasteiger partial charge < -0.3 is 4.74 Å². The molecule has 4 aliphatic rings. The van der Waals surface area contributed by atoms with E-state index in [2.05, 4.69) is 20.1 Å². The van der Waals surface area contributed by atoms with Crippen LogP contribution in [0.25, 0.3) is 0 Å². The lowest BCUT2D eigenvalue weighted by atomic mass is 9.63. The first-order valence-electron chi connectivity index (χ1n) is 5.39. The minimum atomic E-state index is 0.273. The van der Waals surface area contributed by atoms with Crippen molar-refractivity contribution in [2.24, 2.45) is 11.8 Å². The van der Waals surface area contributed by atoms with Crippen LogP contribution in [-0.4, -0.2) is 12.2 Å². The van der Waals surface area contributed by atoms with Crippen LogP contribution in [0, 0.1) is 11.8 Å². The fourth-order valence-corrected chi connectivity index (χ4v) is 2.83. The molecule has 0 aromatic rings. The van der Waals surface area contributed by atoms with Gasteiger partial charge in [0.25, 0.3) is 0 Å². The third kappa shape index (κ3) is 0.682. The Kier molecular flexibility index (Phi) is 1.01. The van der Waals surface area contributed by atoms with Crippen molar-refractivity contribution in [2.45, 2.75) is 26.0 Å². The summed E-state index contributed by atoms with van der Waals surface area (Å²) in [4.78, 5) is 0. The number of hydrogen-bond donors (Lipinski definition) is 0. The van der Waals surface area contributed by atoms with E-state index in [1.165, 1.54) is 11.1 Å². The van der Waals surface area contributed by atoms with Gasteiger partial charge in [-0.25, -0.2) is 0 Å². The Bertz CT molecular complexity index is 380. The first-order chi connectivity index (χ1) is 6.66. The smallest absolute Gasteiger partial charge is 0.0957 e. The molecule has 1 saturated heterocycles. The molecule has 0 radical (unpaired) electrons. The Morgan fingerprint density at radius 2 is 1.69 bits per heavy atom. The van der Waals surface area contributed by atoms with E-state index in [1.54, 1.807) is 0 Å². The maximum Gasteiger partial charge on any atom is 0.0957 e. The molecule has 3 aliphatic carbocycles. The van der Waals surface area contributed by atoms with Crippen LogP contribution in [0.4, 0.5) is 0 Å². The van der Waals surface area contributed by atoms with E-state index in [1.807, 2.05) is 0 Å². The number of ether oxygens (including phenoxy) is 1. The summed E-state index contributed by atoms with van der Waals surface area (Å²) in [7, 11) is 0. The number of rotatable bonds is 0. The molecule has 2 fully saturated rings. The molecule has 0 unspecified atom stereocenters. The fraction of sp³-hybridized carbons (Fsp3) is 0.500. The third-order valence-corrected chi connectivity index (χ3v) is 3.73. The maximum absolute atomic E-state index is 7.56. The van der Waals surface area contributed by atoms with Crippen molar-refractivity contribution < 1.29 is 6.11 Å². The number of hydrogen-bond acceptors (Lipinski definition) is 1. The molecule has 1 heteroatoms. The van der Waals surface area contributed by atoms with Gasteiger partial charge >= 0.3 is 0 Å². The molecule has 1 nitrogen and oxygen atoms in total. The van der Waals surface area contributed by atoms with Crippen LogP contribution < -0.4 is 0 Å². The van der Waals surface area contributed by atoms with Gasteiger partial charge in [0.2, 0.25) is 0 Å². The quantitative estimate of drug-likeness (QED) is 0.407. The van der Waals surface area contributed by atoms with Crippen LogP contribution in [0.2, 0.25) is 0 Å². The van der Waals surface area contributed by atoms with Crippen LogP contribution in [0.3, 0.4) is 0 Å². The van der Waals surface area contributed by atoms with E-state index in [0.717, 1.165) is 11.1 Å². The molecule has 1 heterocycles. The fourth-order valence-electron chi connectivity index (χ4n) is 2.83. The van der Waals surface area contributed by atoms with Gasteiger partial charge in [0.05, 0.1) is 12.2 Å². The first kappa shape index (κ1) is 6.61. The van der Waals surface area contributed by atoms with Gasteiger partial charge in [0.15, 0.2) is 0 Å². The van der Waals surface area contributed by atoms with Gasteiger partial charge in [0.1, 0.15) is 0 Å². The summed E-state index contributed by atoms with van der Waals surface area (Å²) in [6.07, 6.45) is 0.676. The van der Waals surface area contributed by atoms with Crippen LogP contribution in [0.5, 0.6) is 0 Å². The lowest BCUT2D eigenvalue weighted by Crippen LogP contribution is -2.35. The Hall–Kier alpha value is -0.820. The number of epoxide rings is 1. The van der Waals surface area contributed by atoms with Gasteiger partial charge in [-0.3, -0.25) is 0 Å². The summed E-state index contributed by atoms with van der Waals surface area (Å²) < 4.78 is 13.2. The molecule has 0 aromatic heterocycles. The second kappa shape index (κ2) is 1.98. The number of fused-ring (bicyclic) bond motifs is 1. The summed E-state index contributed by atoms with van der Waals surface area (Å²) in [6, 6.07) is 0. The topological polar surface area (TPSA) is 12.5 Å². The summed E-state index contributed by atoms with van der Waals surface area (Å²) in [6.45, 7) is 10.7. The molecule has 4 atom stereocenters. The predicted molar refractivity (Wildman–Crippen MR) is 52.3 cm³/mol. The summed E-state index contributed by atoms with van der Waals surface area (Å²) in [5.41, 5.74) is 4.80. The lowest BCUT2D eigenvalue weighted by molar-refractivity contribution is 0.352. The molecule has 0 aromatic carbocycles. The van der Waals surface area contributed by atoms with E-state index in [4.69, 9.17) is 6.11 Å². The van der Waals surface area contributed by atoms with Gasteiger partial charge in [-0.1, -0.05) is 24.3 Å². The third-order valence-electron chi connectivity index (χ3n) is 3.73. The predicted octanol–water partition coefficient (Wildman–Crippen LogP) is 2.46. The van der Waals surface area contributed by atoms with E-state index < -0.39 is 0 Å². The standard InChI is InChI=1S/C12H14O/c1-5-6(2)10-8(4)7(3)9(5)11-12(10)13-11/h9-12H,1-2H2,3-4H3/t9-,10+,11+,12-/i3D/m0/s1. The van der Waals surface area contributed by atoms with Crippen molar-refractivity contribution in [3.63, 3.8) is 0 Å². The Morgan fingerprint density at radius 1 is 1.15 bits per heavy atom. The van der Waals surface area contributed by atoms with Crippen molar-refractivity contribution in [3.8, 4) is 0 Å². The van der Waals surface area contributed by atoms with E-state index >= 15 is 0 Å². The molecule has 0 N–H and O–H groups in total. The summed E-state index contributed by atoms with van der Waals surface area (Å²) >= 11 is 0. The van der Waals surface area contributed by atoms with Gasteiger partial charge in [0, 0.05) is 13.2 Å². The van der Waals surface area contributed by atoms with Gasteiger partial charge in [-0.05, 0) is 25.0 Å². The highest BCUT2D eigenvalue weighted by Gasteiger charge is 2.60. The second-order valence-corrected chi connectivity index (χ2v) is 4.28. The average Bonchev–Trinajstić information content (AvgIpc) is 2.91. The average molecular weight is 175 g/mol. The first-order valence-corrected chi connectivity index (χ1v) is 4.69. The van der Waals surface area contributed by atoms with E-state index in [9.17, 15) is 0 Å². The van der Waals surface area contributed by atoms with Crippen LogP contribution in [-0.2, 0) is 4.74 Å². The highest BCUT2D eigenvalue weighted by Crippen LogP contribution is 2.58. The Labute approximate surface area is 80.2 Å². The molecule has 1 aliphatic heterocycles. The SMILES string of the molecule is [2H]CC1=C(C)[C@H]2C(=C)C(=C)[C@@H]1[C@H]1O[C@@H]21. The molecule has 68 valence electrons. The van der Waals surface area contributed by atoms with E-state index in [0.29, 0.717) is 25.0 Å². The molecule has 2 bridgehead atoms. The monoisotopic (exact) mass is 175 g/mol. The molecular weight excluding hydrogens is 160 g/mol. The van der Waals surface area contributed by atoms with Crippen LogP contribution in [0.15, 0.2) is 35.5 Å². The minimum Gasteiger partial charge on any atom is -0.368 e. The minimum absolute atomic E-state index is 0.273. The second-order valence-electron chi connectivity index (χ2n) is 4.28. The van der Waals surface area contributed by atoms with Crippen molar-refractivity contribution >= 4 is 0 Å². The highest BCUT2D eigenvalue weighted by molar-refractivity contribution is 5.53. The molecule has 1 saturated carbocycles. The Morgan fingerprint density at radius 3 is 2.23 bits per heavy atom. The zero-order valence-corrected chi connectivity index (χ0v) is 7.84. The Balaban J connectivity index is 2.17. The van der Waals surface area contributed by atoms with Gasteiger partial charge in [-0.2, -0.15) is 0 Å². The van der Waals surface area contributed by atoms with Crippen molar-refractivity contribution in [3.05, 3.63) is 35.5 Å². The largest absolute Gasteiger partial charge is 0.368 e. The molecule has 13 heavy (non-hydrogen) atoms. The summed E-state index contributed by atoms with van der Waals surface area (Å²) in [5, 5.41) is 0. The zero-order chi connectivity index (χ0) is 10.0. The van der Waals surface area contributed by atoms with Gasteiger partial charge in [-0.15, -0.1) is 0 Å². The highest BCUT2D eigenvalue weighted by atomic mass is 16.6. The van der Waals surface area contributed by atoms with Crippen LogP contribution in [0.1, 0.15) is 15.2 Å². The van der Waals surface area contributed by atoms with E-state index in [-0.39, 0.29) is 5.92 Å². The summed E-state index contributed by atoms with van der Waals surface area (Å²) in [5.74, 6) is 0.604. The van der Waals surface area contributed by atoms with Crippen molar-refractivity contribution in [2.75, 3.05) is 0 Å². The molecular formula is C12H14O. The molecule has 4 rings (SSSR count). The van der Waals surface area contributed by atoms with Crippen LogP contribution >= 0.6 is 0 Å². The normalized spacial score (nSPS) is 47.9. The maximum atomic E-state index is 7.56. The molecule has 0 spiro atoms. The molecule has 0 amide bonds.